The highest BCUT2D eigenvalue weighted by atomic mass is 35.5. The Morgan fingerprint density at radius 2 is 1.68 bits per heavy atom. The normalized spacial score (nSPS) is 14.9. The molecule has 0 unspecified atom stereocenters. The number of benzene rings is 3. The molecule has 0 aromatic heterocycles. The van der Waals surface area contributed by atoms with E-state index in [1.807, 2.05) is 30.3 Å². The fourth-order valence-corrected chi connectivity index (χ4v) is 3.60. The molecule has 1 fully saturated rings. The van der Waals surface area contributed by atoms with Gasteiger partial charge in [0.05, 0.1) is 22.8 Å². The van der Waals surface area contributed by atoms with Crippen LogP contribution in [-0.2, 0) is 16.2 Å². The van der Waals surface area contributed by atoms with E-state index in [1.54, 1.807) is 18.2 Å². The quantitative estimate of drug-likeness (QED) is 0.372. The average Bonchev–Trinajstić information content (AvgIpc) is 2.83. The standard InChI is InChI=1S/C25H18Cl2N2O5/c1-33-22-12-16(7-10-21(22)34-14-15-5-3-2-4-6-15)11-18-23(30)28-25(32)29(24(18)31)17-8-9-19(26)20(27)13-17/h2-13H,14H2,1H3,(H,28,30,32)/b18-11+. The molecule has 0 aliphatic carbocycles. The summed E-state index contributed by atoms with van der Waals surface area (Å²) in [6.07, 6.45) is 1.37. The number of imide groups is 2. The van der Waals surface area contributed by atoms with Gasteiger partial charge in [-0.25, -0.2) is 9.69 Å². The number of halogens is 2. The van der Waals surface area contributed by atoms with Crippen molar-refractivity contribution in [1.29, 1.82) is 0 Å². The molecule has 1 aliphatic heterocycles. The van der Waals surface area contributed by atoms with Crippen LogP contribution in [0.5, 0.6) is 11.5 Å². The van der Waals surface area contributed by atoms with Crippen LogP contribution >= 0.6 is 23.2 Å². The highest BCUT2D eigenvalue weighted by Crippen LogP contribution is 2.32. The van der Waals surface area contributed by atoms with Gasteiger partial charge in [-0.15, -0.1) is 0 Å². The number of anilines is 1. The van der Waals surface area contributed by atoms with Crippen molar-refractivity contribution >= 4 is 52.8 Å². The minimum atomic E-state index is -0.882. The Labute approximate surface area is 205 Å². The summed E-state index contributed by atoms with van der Waals surface area (Å²) in [6.45, 7) is 0.346. The van der Waals surface area contributed by atoms with Crippen LogP contribution in [0.4, 0.5) is 10.5 Å². The maximum absolute atomic E-state index is 13.1. The molecule has 1 N–H and O–H groups in total. The van der Waals surface area contributed by atoms with E-state index in [0.29, 0.717) is 23.7 Å². The molecule has 34 heavy (non-hydrogen) atoms. The number of methoxy groups -OCH3 is 1. The lowest BCUT2D eigenvalue weighted by Crippen LogP contribution is -2.54. The van der Waals surface area contributed by atoms with Crippen LogP contribution in [-0.4, -0.2) is 25.0 Å². The molecular formula is C25H18Cl2N2O5. The predicted octanol–water partition coefficient (Wildman–Crippen LogP) is 5.25. The predicted molar refractivity (Wildman–Crippen MR) is 129 cm³/mol. The summed E-state index contributed by atoms with van der Waals surface area (Å²) in [5, 5.41) is 2.60. The molecule has 4 amide bonds. The summed E-state index contributed by atoms with van der Waals surface area (Å²) >= 11 is 12.0. The zero-order valence-electron chi connectivity index (χ0n) is 17.9. The number of amides is 4. The number of carbonyl (C=O) groups excluding carboxylic acids is 3. The van der Waals surface area contributed by atoms with Crippen LogP contribution in [0, 0.1) is 0 Å². The number of carbonyl (C=O) groups is 3. The van der Waals surface area contributed by atoms with Crippen molar-refractivity contribution in [2.24, 2.45) is 0 Å². The van der Waals surface area contributed by atoms with E-state index < -0.39 is 17.8 Å². The third kappa shape index (κ3) is 4.90. The fraction of sp³-hybridized carbons (Fsp3) is 0.0800. The van der Waals surface area contributed by atoms with Crippen LogP contribution in [0.1, 0.15) is 11.1 Å². The van der Waals surface area contributed by atoms with Gasteiger partial charge in [0.25, 0.3) is 11.8 Å². The molecule has 0 saturated carbocycles. The summed E-state index contributed by atoms with van der Waals surface area (Å²) in [4.78, 5) is 38.7. The Morgan fingerprint density at radius 3 is 2.38 bits per heavy atom. The van der Waals surface area contributed by atoms with Crippen LogP contribution in [0.25, 0.3) is 6.08 Å². The van der Waals surface area contributed by atoms with Crippen LogP contribution < -0.4 is 19.7 Å². The van der Waals surface area contributed by atoms with Crippen molar-refractivity contribution < 1.29 is 23.9 Å². The van der Waals surface area contributed by atoms with Gasteiger partial charge in [-0.1, -0.05) is 59.6 Å². The van der Waals surface area contributed by atoms with E-state index in [2.05, 4.69) is 5.32 Å². The Kier molecular flexibility index (Phi) is 6.86. The zero-order valence-corrected chi connectivity index (χ0v) is 19.4. The maximum Gasteiger partial charge on any atom is 0.335 e. The lowest BCUT2D eigenvalue weighted by atomic mass is 10.1. The molecule has 9 heteroatoms. The molecule has 3 aromatic rings. The second kappa shape index (κ2) is 9.99. The average molecular weight is 497 g/mol. The van der Waals surface area contributed by atoms with Gasteiger partial charge >= 0.3 is 6.03 Å². The van der Waals surface area contributed by atoms with Gasteiger partial charge < -0.3 is 9.47 Å². The molecule has 1 saturated heterocycles. The van der Waals surface area contributed by atoms with E-state index in [-0.39, 0.29) is 21.3 Å². The molecule has 172 valence electrons. The Hall–Kier alpha value is -3.81. The third-order valence-electron chi connectivity index (χ3n) is 5.00. The van der Waals surface area contributed by atoms with Crippen molar-refractivity contribution in [3.8, 4) is 11.5 Å². The number of rotatable bonds is 6. The van der Waals surface area contributed by atoms with Gasteiger partial charge in [0, 0.05) is 0 Å². The van der Waals surface area contributed by atoms with Gasteiger partial charge in [-0.3, -0.25) is 14.9 Å². The van der Waals surface area contributed by atoms with Crippen LogP contribution in [0.3, 0.4) is 0 Å². The summed E-state index contributed by atoms with van der Waals surface area (Å²) in [5.74, 6) is -0.683. The highest BCUT2D eigenvalue weighted by molar-refractivity contribution is 6.43. The second-order valence-electron chi connectivity index (χ2n) is 7.24. The summed E-state index contributed by atoms with van der Waals surface area (Å²) in [5.41, 5.74) is 1.45. The molecule has 0 atom stereocenters. The van der Waals surface area contributed by atoms with E-state index in [4.69, 9.17) is 32.7 Å². The Bertz CT molecular complexity index is 1310. The van der Waals surface area contributed by atoms with Crippen molar-refractivity contribution in [3.63, 3.8) is 0 Å². The number of barbiturate groups is 1. The van der Waals surface area contributed by atoms with Crippen molar-refractivity contribution in [2.45, 2.75) is 6.61 Å². The molecule has 0 spiro atoms. The minimum absolute atomic E-state index is 0.165. The molecule has 1 aliphatic rings. The molecule has 4 rings (SSSR count). The zero-order chi connectivity index (χ0) is 24.2. The molecule has 1 heterocycles. The Balaban J connectivity index is 1.61. The van der Waals surface area contributed by atoms with Gasteiger partial charge in [-0.05, 0) is 47.5 Å². The van der Waals surface area contributed by atoms with Crippen LogP contribution in [0.15, 0.2) is 72.3 Å². The number of nitrogens with one attached hydrogen (secondary N) is 1. The number of hydrogen-bond donors (Lipinski definition) is 1. The lowest BCUT2D eigenvalue weighted by Gasteiger charge is -2.26. The second-order valence-corrected chi connectivity index (χ2v) is 8.06. The monoisotopic (exact) mass is 496 g/mol. The lowest BCUT2D eigenvalue weighted by molar-refractivity contribution is -0.122. The molecule has 3 aromatic carbocycles. The first kappa shape index (κ1) is 23.4. The summed E-state index contributed by atoms with van der Waals surface area (Å²) in [6, 6.07) is 18.0. The van der Waals surface area contributed by atoms with Crippen molar-refractivity contribution in [3.05, 3.63) is 93.5 Å². The van der Waals surface area contributed by atoms with Crippen molar-refractivity contribution in [2.75, 3.05) is 12.0 Å². The van der Waals surface area contributed by atoms with E-state index >= 15 is 0 Å². The maximum atomic E-state index is 13.1. The molecule has 7 nitrogen and oxygen atoms in total. The van der Waals surface area contributed by atoms with Gasteiger partial charge in [-0.2, -0.15) is 0 Å². The number of urea groups is 1. The minimum Gasteiger partial charge on any atom is -0.493 e. The first-order valence-corrected chi connectivity index (χ1v) is 10.8. The largest absolute Gasteiger partial charge is 0.493 e. The third-order valence-corrected chi connectivity index (χ3v) is 5.74. The van der Waals surface area contributed by atoms with E-state index in [9.17, 15) is 14.4 Å². The first-order valence-electron chi connectivity index (χ1n) is 10.1. The highest BCUT2D eigenvalue weighted by Gasteiger charge is 2.37. The topological polar surface area (TPSA) is 84.9 Å². The smallest absolute Gasteiger partial charge is 0.335 e. The van der Waals surface area contributed by atoms with Crippen molar-refractivity contribution in [1.82, 2.24) is 5.32 Å². The number of nitrogens with zero attached hydrogens (tertiary/aromatic N) is 1. The summed E-state index contributed by atoms with van der Waals surface area (Å²) < 4.78 is 11.3. The SMILES string of the molecule is COc1cc(/C=C2\C(=O)NC(=O)N(c3ccc(Cl)c(Cl)c3)C2=O)ccc1OCc1ccccc1. The molecule has 0 bridgehead atoms. The van der Waals surface area contributed by atoms with Gasteiger partial charge in [0.15, 0.2) is 11.5 Å². The van der Waals surface area contributed by atoms with Crippen LogP contribution in [0.2, 0.25) is 10.0 Å². The Morgan fingerprint density at radius 1 is 0.912 bits per heavy atom. The van der Waals surface area contributed by atoms with Gasteiger partial charge in [0.2, 0.25) is 0 Å². The number of hydrogen-bond acceptors (Lipinski definition) is 5. The van der Waals surface area contributed by atoms with E-state index in [0.717, 1.165) is 10.5 Å². The molecule has 0 radical (unpaired) electrons. The number of ether oxygens (including phenoxy) is 2. The van der Waals surface area contributed by atoms with E-state index in [1.165, 1.54) is 31.4 Å². The molecular weight excluding hydrogens is 479 g/mol. The fourth-order valence-electron chi connectivity index (χ4n) is 3.31. The van der Waals surface area contributed by atoms with Gasteiger partial charge in [0.1, 0.15) is 12.2 Å². The first-order chi connectivity index (χ1) is 16.4. The summed E-state index contributed by atoms with van der Waals surface area (Å²) in [7, 11) is 1.49.